The summed E-state index contributed by atoms with van der Waals surface area (Å²) in [6.07, 6.45) is 5.09. The van der Waals surface area contributed by atoms with Gasteiger partial charge in [0.15, 0.2) is 5.82 Å². The van der Waals surface area contributed by atoms with Gasteiger partial charge < -0.3 is 4.74 Å². The summed E-state index contributed by atoms with van der Waals surface area (Å²) in [5.41, 5.74) is 2.41. The minimum atomic E-state index is 0.299. The van der Waals surface area contributed by atoms with E-state index in [2.05, 4.69) is 52.7 Å². The van der Waals surface area contributed by atoms with Crippen LogP contribution in [0.5, 0.6) is 0 Å². The van der Waals surface area contributed by atoms with E-state index < -0.39 is 0 Å². The lowest BCUT2D eigenvalue weighted by atomic mass is 9.86. The van der Waals surface area contributed by atoms with Crippen LogP contribution < -0.4 is 0 Å². The van der Waals surface area contributed by atoms with Crippen molar-refractivity contribution in [2.75, 3.05) is 7.05 Å². The number of ether oxygens (including phenoxy) is 1. The Balaban J connectivity index is 1.65. The summed E-state index contributed by atoms with van der Waals surface area (Å²) >= 11 is 6.25. The van der Waals surface area contributed by atoms with Crippen LogP contribution >= 0.6 is 11.6 Å². The minimum absolute atomic E-state index is 0.299. The van der Waals surface area contributed by atoms with Crippen molar-refractivity contribution in [2.24, 2.45) is 0 Å². The summed E-state index contributed by atoms with van der Waals surface area (Å²) in [6, 6.07) is 6.15. The molecular formula is C20H27ClN4O. The molecular weight excluding hydrogens is 348 g/mol. The third kappa shape index (κ3) is 3.53. The van der Waals surface area contributed by atoms with Gasteiger partial charge in [0.2, 0.25) is 0 Å². The first-order chi connectivity index (χ1) is 12.5. The van der Waals surface area contributed by atoms with E-state index in [-0.39, 0.29) is 0 Å². The first-order valence-corrected chi connectivity index (χ1v) is 9.96. The summed E-state index contributed by atoms with van der Waals surface area (Å²) in [6.45, 7) is 5.89. The lowest BCUT2D eigenvalue weighted by molar-refractivity contribution is -0.0151. The van der Waals surface area contributed by atoms with Crippen molar-refractivity contribution >= 4 is 11.6 Å². The number of rotatable bonds is 3. The van der Waals surface area contributed by atoms with E-state index in [1.807, 2.05) is 6.07 Å². The van der Waals surface area contributed by atoms with Gasteiger partial charge in [-0.15, -0.1) is 10.2 Å². The summed E-state index contributed by atoms with van der Waals surface area (Å²) in [5.74, 6) is 2.56. The Labute approximate surface area is 160 Å². The molecule has 0 atom stereocenters. The van der Waals surface area contributed by atoms with Crippen LogP contribution in [0.2, 0.25) is 5.02 Å². The molecule has 1 aromatic heterocycles. The molecule has 0 N–H and O–H groups in total. The SMILES string of the molecule is CC(C)OC1CCC(c2nnc3n2-c2ccc(Cl)cc2CN(C)C3)CC1. The van der Waals surface area contributed by atoms with Gasteiger partial charge in [-0.2, -0.15) is 0 Å². The van der Waals surface area contributed by atoms with Crippen molar-refractivity contribution in [1.29, 1.82) is 0 Å². The zero-order valence-electron chi connectivity index (χ0n) is 15.8. The van der Waals surface area contributed by atoms with Crippen LogP contribution in [0.25, 0.3) is 5.69 Å². The Hall–Kier alpha value is -1.43. The fourth-order valence-corrected chi connectivity index (χ4v) is 4.48. The monoisotopic (exact) mass is 374 g/mol. The van der Waals surface area contributed by atoms with Crippen LogP contribution in [-0.2, 0) is 17.8 Å². The number of hydrogen-bond acceptors (Lipinski definition) is 4. The van der Waals surface area contributed by atoms with E-state index >= 15 is 0 Å². The average Bonchev–Trinajstić information content (AvgIpc) is 2.92. The fourth-order valence-electron chi connectivity index (χ4n) is 4.29. The summed E-state index contributed by atoms with van der Waals surface area (Å²) in [4.78, 5) is 2.26. The number of nitrogens with zero attached hydrogens (tertiary/aromatic N) is 4. The molecule has 6 heteroatoms. The molecule has 0 unspecified atom stereocenters. The lowest BCUT2D eigenvalue weighted by Gasteiger charge is -2.29. The maximum absolute atomic E-state index is 6.25. The minimum Gasteiger partial charge on any atom is -0.376 e. The Morgan fingerprint density at radius 1 is 1.12 bits per heavy atom. The van der Waals surface area contributed by atoms with E-state index in [1.54, 1.807) is 0 Å². The summed E-state index contributed by atoms with van der Waals surface area (Å²) < 4.78 is 8.29. The Morgan fingerprint density at radius 3 is 2.62 bits per heavy atom. The van der Waals surface area contributed by atoms with Crippen molar-refractivity contribution in [1.82, 2.24) is 19.7 Å². The van der Waals surface area contributed by atoms with E-state index in [1.165, 1.54) is 11.3 Å². The van der Waals surface area contributed by atoms with Crippen LogP contribution in [0, 0.1) is 0 Å². The number of benzene rings is 1. The van der Waals surface area contributed by atoms with Crippen molar-refractivity contribution in [2.45, 2.75) is 70.7 Å². The van der Waals surface area contributed by atoms with Crippen LogP contribution in [-0.4, -0.2) is 38.9 Å². The van der Waals surface area contributed by atoms with Gasteiger partial charge in [-0.3, -0.25) is 9.47 Å². The Morgan fingerprint density at radius 2 is 1.88 bits per heavy atom. The molecule has 26 heavy (non-hydrogen) atoms. The molecule has 0 radical (unpaired) electrons. The first kappa shape index (κ1) is 18.0. The highest BCUT2D eigenvalue weighted by Gasteiger charge is 2.30. The predicted molar refractivity (Wildman–Crippen MR) is 103 cm³/mol. The molecule has 1 aromatic carbocycles. The van der Waals surface area contributed by atoms with Crippen molar-refractivity contribution in [3.05, 3.63) is 40.4 Å². The fraction of sp³-hybridized carbons (Fsp3) is 0.600. The molecule has 1 saturated carbocycles. The highest BCUT2D eigenvalue weighted by atomic mass is 35.5. The normalized spacial score (nSPS) is 23.6. The average molecular weight is 375 g/mol. The van der Waals surface area contributed by atoms with Gasteiger partial charge in [0.1, 0.15) is 5.82 Å². The molecule has 0 spiro atoms. The molecule has 1 fully saturated rings. The molecule has 0 amide bonds. The molecule has 1 aliphatic heterocycles. The molecule has 4 rings (SSSR count). The van der Waals surface area contributed by atoms with E-state index in [0.717, 1.165) is 55.4 Å². The summed E-state index contributed by atoms with van der Waals surface area (Å²) in [7, 11) is 2.11. The van der Waals surface area contributed by atoms with Gasteiger partial charge in [0.25, 0.3) is 0 Å². The van der Waals surface area contributed by atoms with E-state index in [9.17, 15) is 0 Å². The van der Waals surface area contributed by atoms with Gasteiger partial charge in [-0.05, 0) is 70.3 Å². The van der Waals surface area contributed by atoms with Crippen molar-refractivity contribution < 1.29 is 4.74 Å². The van der Waals surface area contributed by atoms with Crippen LogP contribution in [0.4, 0.5) is 0 Å². The standard InChI is InChI=1S/C20H27ClN4O/c1-13(2)26-17-7-4-14(5-8-17)20-23-22-19-12-24(3)11-15-10-16(21)6-9-18(15)25(19)20/h6,9-10,13-14,17H,4-5,7-8,11-12H2,1-3H3. The van der Waals surface area contributed by atoms with E-state index in [4.69, 9.17) is 16.3 Å². The first-order valence-electron chi connectivity index (χ1n) is 9.58. The number of aromatic nitrogens is 3. The maximum Gasteiger partial charge on any atom is 0.151 e. The molecule has 140 valence electrons. The second-order valence-electron chi connectivity index (χ2n) is 7.91. The van der Waals surface area contributed by atoms with Crippen LogP contribution in [0.15, 0.2) is 18.2 Å². The quantitative estimate of drug-likeness (QED) is 0.802. The predicted octanol–water partition coefficient (Wildman–Crippen LogP) is 4.32. The second-order valence-corrected chi connectivity index (χ2v) is 8.35. The largest absolute Gasteiger partial charge is 0.376 e. The molecule has 0 saturated heterocycles. The highest BCUT2D eigenvalue weighted by molar-refractivity contribution is 6.30. The lowest BCUT2D eigenvalue weighted by Crippen LogP contribution is -2.25. The molecule has 2 aromatic rings. The van der Waals surface area contributed by atoms with Crippen molar-refractivity contribution in [3.8, 4) is 5.69 Å². The molecule has 1 aliphatic carbocycles. The van der Waals surface area contributed by atoms with Gasteiger partial charge >= 0.3 is 0 Å². The maximum atomic E-state index is 6.25. The number of halogens is 1. The second kappa shape index (κ2) is 7.29. The van der Waals surface area contributed by atoms with Gasteiger partial charge in [-0.25, -0.2) is 0 Å². The number of fused-ring (bicyclic) bond motifs is 3. The number of hydrogen-bond donors (Lipinski definition) is 0. The van der Waals surface area contributed by atoms with E-state index in [0.29, 0.717) is 18.1 Å². The smallest absolute Gasteiger partial charge is 0.151 e. The van der Waals surface area contributed by atoms with Crippen molar-refractivity contribution in [3.63, 3.8) is 0 Å². The van der Waals surface area contributed by atoms with Gasteiger partial charge in [-0.1, -0.05) is 11.6 Å². The Bertz CT molecular complexity index is 780. The third-order valence-corrected chi connectivity index (χ3v) is 5.63. The van der Waals surface area contributed by atoms with Crippen LogP contribution in [0.3, 0.4) is 0 Å². The molecule has 2 heterocycles. The Kier molecular flexibility index (Phi) is 5.04. The zero-order chi connectivity index (χ0) is 18.3. The molecule has 0 bridgehead atoms. The van der Waals surface area contributed by atoms with Gasteiger partial charge in [0, 0.05) is 17.5 Å². The third-order valence-electron chi connectivity index (χ3n) is 5.39. The molecule has 5 nitrogen and oxygen atoms in total. The molecule has 2 aliphatic rings. The van der Waals surface area contributed by atoms with Crippen LogP contribution in [0.1, 0.15) is 62.7 Å². The zero-order valence-corrected chi connectivity index (χ0v) is 16.5. The summed E-state index contributed by atoms with van der Waals surface area (Å²) in [5, 5.41) is 9.93. The highest BCUT2D eigenvalue weighted by Crippen LogP contribution is 2.36. The van der Waals surface area contributed by atoms with Gasteiger partial charge in [0.05, 0.1) is 24.4 Å². The topological polar surface area (TPSA) is 43.2 Å².